The van der Waals surface area contributed by atoms with E-state index in [1.165, 1.54) is 6.92 Å². The number of primary amides is 1. The number of hydrogen-bond donors (Lipinski definition) is 2. The van der Waals surface area contributed by atoms with Gasteiger partial charge in [0.05, 0.1) is 6.10 Å². The molecule has 0 aliphatic rings. The van der Waals surface area contributed by atoms with Crippen LogP contribution in [0.2, 0.25) is 5.02 Å². The van der Waals surface area contributed by atoms with Gasteiger partial charge in [-0.3, -0.25) is 0 Å². The van der Waals surface area contributed by atoms with E-state index in [4.69, 9.17) is 22.1 Å². The van der Waals surface area contributed by atoms with Crippen molar-refractivity contribution < 1.29 is 14.6 Å². The highest BCUT2D eigenvalue weighted by Crippen LogP contribution is 2.29. The third-order valence-electron chi connectivity index (χ3n) is 2.14. The predicted molar refractivity (Wildman–Crippen MR) is 61.3 cm³/mol. The summed E-state index contributed by atoms with van der Waals surface area (Å²) in [5.74, 6) is 0. The summed E-state index contributed by atoms with van der Waals surface area (Å²) in [7, 11) is 0. The molecule has 1 aromatic carbocycles. The minimum absolute atomic E-state index is 0.437. The van der Waals surface area contributed by atoms with Crippen LogP contribution in [0.3, 0.4) is 0 Å². The van der Waals surface area contributed by atoms with Gasteiger partial charge in [0.1, 0.15) is 0 Å². The molecule has 0 spiro atoms. The van der Waals surface area contributed by atoms with Gasteiger partial charge in [-0.15, -0.1) is 0 Å². The normalized spacial score (nSPS) is 14.2. The number of carbonyl (C=O) groups excluding carboxylic acids is 1. The standard InChI is InChI=1S/C11H14ClNO3/c1-6-3-4-8(9(12)5-6)10(7(2)14)16-11(13)15/h3-5,7,10,14H,1-2H3,(H2,13,15)/t7-,10+/m1/s1. The van der Waals surface area contributed by atoms with Gasteiger partial charge in [-0.2, -0.15) is 0 Å². The maximum absolute atomic E-state index is 10.7. The number of nitrogens with two attached hydrogens (primary N) is 1. The van der Waals surface area contributed by atoms with Gasteiger partial charge < -0.3 is 15.6 Å². The molecule has 0 aliphatic heterocycles. The van der Waals surface area contributed by atoms with Crippen LogP contribution in [0.5, 0.6) is 0 Å². The summed E-state index contributed by atoms with van der Waals surface area (Å²) in [5, 5.41) is 9.95. The quantitative estimate of drug-likeness (QED) is 0.855. The Bertz CT molecular complexity index is 393. The summed E-state index contributed by atoms with van der Waals surface area (Å²) in [5.41, 5.74) is 6.46. The zero-order valence-electron chi connectivity index (χ0n) is 9.11. The first-order valence-electron chi connectivity index (χ1n) is 4.82. The molecule has 1 rings (SSSR count). The van der Waals surface area contributed by atoms with Crippen LogP contribution in [-0.2, 0) is 4.74 Å². The monoisotopic (exact) mass is 243 g/mol. The molecule has 1 aromatic rings. The highest BCUT2D eigenvalue weighted by atomic mass is 35.5. The highest BCUT2D eigenvalue weighted by molar-refractivity contribution is 6.31. The van der Waals surface area contributed by atoms with Crippen LogP contribution in [0.4, 0.5) is 4.79 Å². The lowest BCUT2D eigenvalue weighted by molar-refractivity contribution is 0.0148. The number of aliphatic hydroxyl groups excluding tert-OH is 1. The number of hydrogen-bond acceptors (Lipinski definition) is 3. The fourth-order valence-corrected chi connectivity index (χ4v) is 1.75. The average molecular weight is 244 g/mol. The number of aliphatic hydroxyl groups is 1. The van der Waals surface area contributed by atoms with E-state index in [2.05, 4.69) is 0 Å². The SMILES string of the molecule is Cc1ccc([C@@H](OC(N)=O)[C@@H](C)O)c(Cl)c1. The zero-order chi connectivity index (χ0) is 12.3. The maximum atomic E-state index is 10.7. The number of aryl methyl sites for hydroxylation is 1. The minimum Gasteiger partial charge on any atom is -0.439 e. The Labute approximate surface area is 99.0 Å². The molecule has 5 heteroatoms. The molecule has 1 amide bonds. The molecule has 0 radical (unpaired) electrons. The molecule has 2 atom stereocenters. The predicted octanol–water partition coefficient (Wildman–Crippen LogP) is 2.17. The lowest BCUT2D eigenvalue weighted by Crippen LogP contribution is -2.25. The summed E-state index contributed by atoms with van der Waals surface area (Å²) in [6.45, 7) is 3.39. The molecule has 0 aliphatic carbocycles. The Hall–Kier alpha value is -1.26. The van der Waals surface area contributed by atoms with Gasteiger partial charge in [0.2, 0.25) is 0 Å². The number of ether oxygens (including phenoxy) is 1. The second kappa shape index (κ2) is 5.18. The first kappa shape index (κ1) is 12.8. The zero-order valence-corrected chi connectivity index (χ0v) is 9.86. The largest absolute Gasteiger partial charge is 0.439 e. The van der Waals surface area contributed by atoms with Gasteiger partial charge in [0.15, 0.2) is 6.10 Å². The van der Waals surface area contributed by atoms with Gasteiger partial charge in [0.25, 0.3) is 0 Å². The molecule has 4 nitrogen and oxygen atoms in total. The van der Waals surface area contributed by atoms with Gasteiger partial charge in [-0.05, 0) is 25.5 Å². The van der Waals surface area contributed by atoms with Gasteiger partial charge >= 0.3 is 6.09 Å². The number of halogens is 1. The Morgan fingerprint density at radius 3 is 2.62 bits per heavy atom. The van der Waals surface area contributed by atoms with Crippen LogP contribution in [0.1, 0.15) is 24.2 Å². The first-order chi connectivity index (χ1) is 7.41. The second-order valence-corrected chi connectivity index (χ2v) is 4.03. The fourth-order valence-electron chi connectivity index (χ4n) is 1.41. The van der Waals surface area contributed by atoms with Crippen LogP contribution in [0, 0.1) is 6.92 Å². The van der Waals surface area contributed by atoms with E-state index >= 15 is 0 Å². The molecule has 16 heavy (non-hydrogen) atoms. The van der Waals surface area contributed by atoms with Crippen molar-refractivity contribution in [2.45, 2.75) is 26.1 Å². The van der Waals surface area contributed by atoms with E-state index in [0.717, 1.165) is 5.56 Å². The van der Waals surface area contributed by atoms with Gasteiger partial charge in [0, 0.05) is 10.6 Å². The summed E-state index contributed by atoms with van der Waals surface area (Å²) in [6.07, 6.45) is -2.67. The molecule has 88 valence electrons. The van der Waals surface area contributed by atoms with Crippen molar-refractivity contribution in [2.24, 2.45) is 5.73 Å². The van der Waals surface area contributed by atoms with E-state index in [9.17, 15) is 9.90 Å². The van der Waals surface area contributed by atoms with Crippen molar-refractivity contribution in [1.82, 2.24) is 0 Å². The Morgan fingerprint density at radius 1 is 1.56 bits per heavy atom. The Kier molecular flexibility index (Phi) is 4.15. The number of amides is 1. The third-order valence-corrected chi connectivity index (χ3v) is 2.47. The van der Waals surface area contributed by atoms with E-state index in [0.29, 0.717) is 10.6 Å². The Balaban J connectivity index is 3.05. The van der Waals surface area contributed by atoms with E-state index < -0.39 is 18.3 Å². The van der Waals surface area contributed by atoms with Crippen molar-refractivity contribution in [2.75, 3.05) is 0 Å². The number of rotatable bonds is 3. The molecule has 0 saturated carbocycles. The summed E-state index contributed by atoms with van der Waals surface area (Å²) in [4.78, 5) is 10.7. The molecule has 0 aromatic heterocycles. The smallest absolute Gasteiger partial charge is 0.405 e. The van der Waals surface area contributed by atoms with E-state index in [-0.39, 0.29) is 0 Å². The van der Waals surface area contributed by atoms with Crippen LogP contribution in [0.25, 0.3) is 0 Å². The van der Waals surface area contributed by atoms with Crippen LogP contribution in [0.15, 0.2) is 18.2 Å². The van der Waals surface area contributed by atoms with Gasteiger partial charge in [-0.1, -0.05) is 23.7 Å². The lowest BCUT2D eigenvalue weighted by atomic mass is 10.0. The van der Waals surface area contributed by atoms with Crippen molar-refractivity contribution in [1.29, 1.82) is 0 Å². The topological polar surface area (TPSA) is 72.5 Å². The Morgan fingerprint density at radius 2 is 2.19 bits per heavy atom. The van der Waals surface area contributed by atoms with Crippen LogP contribution >= 0.6 is 11.6 Å². The van der Waals surface area contributed by atoms with Crippen molar-refractivity contribution in [3.63, 3.8) is 0 Å². The summed E-state index contributed by atoms with van der Waals surface area (Å²) < 4.78 is 4.82. The van der Waals surface area contributed by atoms with E-state index in [1.807, 2.05) is 13.0 Å². The highest BCUT2D eigenvalue weighted by Gasteiger charge is 2.23. The number of benzene rings is 1. The molecule has 0 bridgehead atoms. The molecule has 0 heterocycles. The summed E-state index contributed by atoms with van der Waals surface area (Å²) >= 11 is 6.01. The van der Waals surface area contributed by atoms with Crippen LogP contribution in [-0.4, -0.2) is 17.3 Å². The summed E-state index contributed by atoms with van der Waals surface area (Å²) in [6, 6.07) is 5.26. The third kappa shape index (κ3) is 3.12. The first-order valence-corrected chi connectivity index (χ1v) is 5.20. The van der Waals surface area contributed by atoms with Crippen molar-refractivity contribution >= 4 is 17.7 Å². The lowest BCUT2D eigenvalue weighted by Gasteiger charge is -2.20. The van der Waals surface area contributed by atoms with Gasteiger partial charge in [-0.25, -0.2) is 4.79 Å². The minimum atomic E-state index is -0.942. The molecular weight excluding hydrogens is 230 g/mol. The van der Waals surface area contributed by atoms with Crippen molar-refractivity contribution in [3.8, 4) is 0 Å². The molecule has 0 fully saturated rings. The maximum Gasteiger partial charge on any atom is 0.405 e. The average Bonchev–Trinajstić information content (AvgIpc) is 2.14. The van der Waals surface area contributed by atoms with Crippen molar-refractivity contribution in [3.05, 3.63) is 34.3 Å². The molecule has 0 unspecified atom stereocenters. The van der Waals surface area contributed by atoms with E-state index in [1.54, 1.807) is 12.1 Å². The second-order valence-electron chi connectivity index (χ2n) is 3.62. The fraction of sp³-hybridized carbons (Fsp3) is 0.364. The molecule has 0 saturated heterocycles. The van der Waals surface area contributed by atoms with Crippen LogP contribution < -0.4 is 5.73 Å². The number of carbonyl (C=O) groups is 1. The molecule has 3 N–H and O–H groups in total. The molecular formula is C11H14ClNO3.